The Morgan fingerprint density at radius 1 is 1.09 bits per heavy atom. The molecule has 0 bridgehead atoms. The molecule has 0 spiro atoms. The Hall–Kier alpha value is -0.0800. The maximum Gasteiger partial charge on any atom is 0.0290 e. The summed E-state index contributed by atoms with van der Waals surface area (Å²) in [6.45, 7) is 4.75. The second kappa shape index (κ2) is 3.55. The Labute approximate surface area is 69.0 Å². The zero-order valence-corrected chi connectivity index (χ0v) is 7.13. The van der Waals surface area contributed by atoms with Gasteiger partial charge in [-0.3, -0.25) is 4.90 Å². The molecule has 2 rings (SSSR count). The third-order valence-electron chi connectivity index (χ3n) is 2.88. The standard InChI is InChI=1S/C9H17N2/c1-2-4-9-8-10-5-7-11(9)6-3-1/h9H,1-8H2. The van der Waals surface area contributed by atoms with Gasteiger partial charge in [0.25, 0.3) is 0 Å². The van der Waals surface area contributed by atoms with Gasteiger partial charge in [0.2, 0.25) is 0 Å². The van der Waals surface area contributed by atoms with Gasteiger partial charge in [0, 0.05) is 25.7 Å². The fourth-order valence-corrected chi connectivity index (χ4v) is 2.18. The Morgan fingerprint density at radius 3 is 3.09 bits per heavy atom. The summed E-state index contributed by atoms with van der Waals surface area (Å²) in [6.07, 6.45) is 5.67. The lowest BCUT2D eigenvalue weighted by Crippen LogP contribution is -2.47. The van der Waals surface area contributed by atoms with E-state index in [-0.39, 0.29) is 0 Å². The van der Waals surface area contributed by atoms with Gasteiger partial charge in [-0.05, 0) is 19.4 Å². The summed E-state index contributed by atoms with van der Waals surface area (Å²) < 4.78 is 0. The van der Waals surface area contributed by atoms with Gasteiger partial charge in [0.1, 0.15) is 0 Å². The monoisotopic (exact) mass is 153 g/mol. The maximum atomic E-state index is 4.46. The van der Waals surface area contributed by atoms with Crippen molar-refractivity contribution >= 4 is 0 Å². The van der Waals surface area contributed by atoms with Gasteiger partial charge in [0.15, 0.2) is 0 Å². The summed E-state index contributed by atoms with van der Waals surface area (Å²) in [5, 5.41) is 4.46. The van der Waals surface area contributed by atoms with E-state index in [0.29, 0.717) is 0 Å². The highest BCUT2D eigenvalue weighted by Gasteiger charge is 2.23. The van der Waals surface area contributed by atoms with Crippen LogP contribution in [0.15, 0.2) is 0 Å². The van der Waals surface area contributed by atoms with Crippen molar-refractivity contribution in [3.8, 4) is 0 Å². The highest BCUT2D eigenvalue weighted by molar-refractivity contribution is 4.81. The van der Waals surface area contributed by atoms with Crippen LogP contribution in [0.3, 0.4) is 0 Å². The predicted molar refractivity (Wildman–Crippen MR) is 45.7 cm³/mol. The normalized spacial score (nSPS) is 34.4. The smallest absolute Gasteiger partial charge is 0.0290 e. The minimum atomic E-state index is 0.811. The van der Waals surface area contributed by atoms with Crippen molar-refractivity contribution in [2.24, 2.45) is 0 Å². The van der Waals surface area contributed by atoms with E-state index >= 15 is 0 Å². The molecule has 0 N–H and O–H groups in total. The molecule has 1 atom stereocenters. The summed E-state index contributed by atoms with van der Waals surface area (Å²) in [7, 11) is 0. The number of nitrogens with zero attached hydrogens (tertiary/aromatic N) is 2. The van der Waals surface area contributed by atoms with Crippen LogP contribution in [0.25, 0.3) is 0 Å². The lowest BCUT2D eigenvalue weighted by molar-refractivity contribution is 0.163. The second-order valence-corrected chi connectivity index (χ2v) is 3.67. The number of piperazine rings is 1. The van der Waals surface area contributed by atoms with Crippen LogP contribution >= 0.6 is 0 Å². The Morgan fingerprint density at radius 2 is 2.09 bits per heavy atom. The number of rotatable bonds is 0. The van der Waals surface area contributed by atoms with Gasteiger partial charge >= 0.3 is 0 Å². The van der Waals surface area contributed by atoms with Crippen LogP contribution in [0.2, 0.25) is 0 Å². The molecular formula is C9H17N2. The topological polar surface area (TPSA) is 17.3 Å². The minimum Gasteiger partial charge on any atom is -0.298 e. The molecule has 2 fully saturated rings. The highest BCUT2D eigenvalue weighted by Crippen LogP contribution is 2.17. The van der Waals surface area contributed by atoms with Gasteiger partial charge in [0.05, 0.1) is 0 Å². The van der Waals surface area contributed by atoms with E-state index in [9.17, 15) is 0 Å². The summed E-state index contributed by atoms with van der Waals surface area (Å²) in [6, 6.07) is 0.811. The molecule has 63 valence electrons. The van der Waals surface area contributed by atoms with Crippen molar-refractivity contribution < 1.29 is 0 Å². The lowest BCUT2D eigenvalue weighted by Gasteiger charge is -2.33. The molecule has 0 amide bonds. The van der Waals surface area contributed by atoms with Crippen LogP contribution in [0.5, 0.6) is 0 Å². The molecular weight excluding hydrogens is 136 g/mol. The lowest BCUT2D eigenvalue weighted by atomic mass is 10.1. The molecule has 0 saturated carbocycles. The van der Waals surface area contributed by atoms with Gasteiger partial charge in [-0.1, -0.05) is 12.8 Å². The first-order valence-corrected chi connectivity index (χ1v) is 4.84. The van der Waals surface area contributed by atoms with E-state index in [0.717, 1.165) is 19.1 Å². The predicted octanol–water partition coefficient (Wildman–Crippen LogP) is 0.849. The molecule has 2 saturated heterocycles. The third kappa shape index (κ3) is 1.74. The van der Waals surface area contributed by atoms with Gasteiger partial charge in [-0.25, -0.2) is 5.32 Å². The fraction of sp³-hybridized carbons (Fsp3) is 1.00. The van der Waals surface area contributed by atoms with Gasteiger partial charge in [-0.15, -0.1) is 0 Å². The van der Waals surface area contributed by atoms with Gasteiger partial charge < -0.3 is 0 Å². The van der Waals surface area contributed by atoms with E-state index in [2.05, 4.69) is 10.2 Å². The number of hydrogen-bond acceptors (Lipinski definition) is 1. The average Bonchev–Trinajstić information content (AvgIpc) is 2.28. The molecule has 1 unspecified atom stereocenters. The summed E-state index contributed by atoms with van der Waals surface area (Å²) >= 11 is 0. The number of fused-ring (bicyclic) bond motifs is 1. The Bertz CT molecular complexity index is 111. The van der Waals surface area contributed by atoms with E-state index in [1.807, 2.05) is 0 Å². The largest absolute Gasteiger partial charge is 0.298 e. The summed E-state index contributed by atoms with van der Waals surface area (Å²) in [4.78, 5) is 2.64. The van der Waals surface area contributed by atoms with Crippen molar-refractivity contribution in [2.45, 2.75) is 31.7 Å². The SMILES string of the molecule is C1CCC2C[N]CCN2CC1. The molecule has 2 nitrogen and oxygen atoms in total. The Kier molecular flexibility index (Phi) is 2.44. The second-order valence-electron chi connectivity index (χ2n) is 3.67. The molecule has 2 aliphatic rings. The molecule has 2 heteroatoms. The van der Waals surface area contributed by atoms with Crippen molar-refractivity contribution in [3.05, 3.63) is 0 Å². The molecule has 0 aromatic carbocycles. The van der Waals surface area contributed by atoms with Crippen molar-refractivity contribution in [1.82, 2.24) is 10.2 Å². The molecule has 2 aliphatic heterocycles. The summed E-state index contributed by atoms with van der Waals surface area (Å²) in [5.74, 6) is 0. The van der Waals surface area contributed by atoms with E-state index in [4.69, 9.17) is 0 Å². The van der Waals surface area contributed by atoms with Gasteiger partial charge in [-0.2, -0.15) is 0 Å². The van der Waals surface area contributed by atoms with Crippen LogP contribution in [-0.2, 0) is 0 Å². The van der Waals surface area contributed by atoms with Crippen LogP contribution in [-0.4, -0.2) is 37.1 Å². The first kappa shape index (κ1) is 7.56. The van der Waals surface area contributed by atoms with Crippen molar-refractivity contribution in [3.63, 3.8) is 0 Å². The fourth-order valence-electron chi connectivity index (χ4n) is 2.18. The molecule has 11 heavy (non-hydrogen) atoms. The average molecular weight is 153 g/mol. The van der Waals surface area contributed by atoms with E-state index < -0.39 is 0 Å². The Balaban J connectivity index is 1.93. The molecule has 0 aliphatic carbocycles. The maximum absolute atomic E-state index is 4.46. The van der Waals surface area contributed by atoms with Crippen molar-refractivity contribution in [2.75, 3.05) is 26.2 Å². The molecule has 0 aromatic rings. The van der Waals surface area contributed by atoms with E-state index in [1.165, 1.54) is 38.8 Å². The minimum absolute atomic E-state index is 0.811. The third-order valence-corrected chi connectivity index (χ3v) is 2.88. The zero-order chi connectivity index (χ0) is 7.52. The first-order chi connectivity index (χ1) is 5.47. The van der Waals surface area contributed by atoms with Crippen LogP contribution < -0.4 is 5.32 Å². The van der Waals surface area contributed by atoms with Crippen molar-refractivity contribution in [1.29, 1.82) is 0 Å². The molecule has 2 heterocycles. The first-order valence-electron chi connectivity index (χ1n) is 4.84. The molecule has 1 radical (unpaired) electrons. The summed E-state index contributed by atoms with van der Waals surface area (Å²) in [5.41, 5.74) is 0. The quantitative estimate of drug-likeness (QED) is 0.504. The number of hydrogen-bond donors (Lipinski definition) is 0. The van der Waals surface area contributed by atoms with Crippen LogP contribution in [0.1, 0.15) is 25.7 Å². The van der Waals surface area contributed by atoms with Crippen LogP contribution in [0, 0.1) is 0 Å². The highest BCUT2D eigenvalue weighted by atomic mass is 15.2. The molecule has 0 aromatic heterocycles. The van der Waals surface area contributed by atoms with E-state index in [1.54, 1.807) is 0 Å². The zero-order valence-electron chi connectivity index (χ0n) is 7.13. The van der Waals surface area contributed by atoms with Crippen LogP contribution in [0.4, 0.5) is 0 Å².